The zero-order valence-electron chi connectivity index (χ0n) is 13.9. The molecular formula is C19H17N5O2. The number of hydrogen-bond acceptors (Lipinski definition) is 5. The van der Waals surface area contributed by atoms with Crippen molar-refractivity contribution in [2.45, 2.75) is 19.1 Å². The first-order valence-electron chi connectivity index (χ1n) is 8.30. The van der Waals surface area contributed by atoms with E-state index in [0.717, 1.165) is 11.3 Å². The summed E-state index contributed by atoms with van der Waals surface area (Å²) >= 11 is 0. The molecule has 1 aromatic carbocycles. The van der Waals surface area contributed by atoms with Crippen LogP contribution in [0.2, 0.25) is 0 Å². The minimum absolute atomic E-state index is 0.223. The molecule has 3 heterocycles. The summed E-state index contributed by atoms with van der Waals surface area (Å²) in [5, 5.41) is 11.0. The Kier molecular flexibility index (Phi) is 4.42. The van der Waals surface area contributed by atoms with Crippen molar-refractivity contribution in [3.63, 3.8) is 0 Å². The quantitative estimate of drug-likeness (QED) is 0.769. The number of carbonyl (C=O) groups excluding carboxylic acids is 1. The van der Waals surface area contributed by atoms with E-state index in [1.165, 1.54) is 0 Å². The molecule has 1 aliphatic heterocycles. The third-order valence-corrected chi connectivity index (χ3v) is 4.03. The number of hydrogen-bond donors (Lipinski definition) is 1. The van der Waals surface area contributed by atoms with Gasteiger partial charge in [0, 0.05) is 24.9 Å². The number of pyridine rings is 1. The van der Waals surface area contributed by atoms with Crippen LogP contribution in [-0.4, -0.2) is 26.4 Å². The minimum Gasteiger partial charge on any atom is -0.387 e. The number of aromatic nitrogens is 3. The molecule has 1 amide bonds. The standard InChI is InChI=1S/C19H17N5O2/c25-19(16-12-17(26-23-16)14-6-2-1-3-7-14)21-18-9-11-24(22-18)13-15-8-4-5-10-20-15/h1-11,17H,12-13H2,(H,21,22,25)/t17-/m0/s1. The molecule has 0 spiro atoms. The minimum atomic E-state index is -0.300. The fraction of sp³-hybridized carbons (Fsp3) is 0.158. The van der Waals surface area contributed by atoms with Crippen molar-refractivity contribution in [3.05, 3.63) is 78.2 Å². The number of rotatable bonds is 5. The molecule has 0 radical (unpaired) electrons. The van der Waals surface area contributed by atoms with Crippen LogP contribution in [0.15, 0.2) is 72.1 Å². The summed E-state index contributed by atoms with van der Waals surface area (Å²) in [7, 11) is 0. The van der Waals surface area contributed by atoms with Gasteiger partial charge in [0.25, 0.3) is 5.91 Å². The first-order valence-corrected chi connectivity index (χ1v) is 8.30. The summed E-state index contributed by atoms with van der Waals surface area (Å²) in [6.07, 6.45) is 3.75. The van der Waals surface area contributed by atoms with Gasteiger partial charge < -0.3 is 10.2 Å². The van der Waals surface area contributed by atoms with Gasteiger partial charge in [0.1, 0.15) is 5.71 Å². The van der Waals surface area contributed by atoms with Crippen molar-refractivity contribution in [1.29, 1.82) is 0 Å². The topological polar surface area (TPSA) is 81.4 Å². The van der Waals surface area contributed by atoms with Gasteiger partial charge in [-0.25, -0.2) is 0 Å². The lowest BCUT2D eigenvalue weighted by Crippen LogP contribution is -2.22. The molecular weight excluding hydrogens is 330 g/mol. The molecule has 130 valence electrons. The second-order valence-electron chi connectivity index (χ2n) is 5.92. The Morgan fingerprint density at radius 1 is 1.15 bits per heavy atom. The molecule has 7 heteroatoms. The molecule has 1 N–H and O–H groups in total. The Balaban J connectivity index is 1.35. The summed E-state index contributed by atoms with van der Waals surface area (Å²) in [5.41, 5.74) is 2.25. The van der Waals surface area contributed by atoms with Crippen LogP contribution in [0, 0.1) is 0 Å². The lowest BCUT2D eigenvalue weighted by atomic mass is 10.0. The summed E-state index contributed by atoms with van der Waals surface area (Å²) in [6, 6.07) is 17.2. The van der Waals surface area contributed by atoms with Crippen LogP contribution in [0.25, 0.3) is 0 Å². The van der Waals surface area contributed by atoms with Crippen LogP contribution < -0.4 is 5.32 Å². The molecule has 0 aliphatic carbocycles. The SMILES string of the molecule is O=C(Nc1ccn(Cc2ccccn2)n1)C1=NO[C@H](c2ccccc2)C1. The predicted octanol–water partition coefficient (Wildman–Crippen LogP) is 2.78. The van der Waals surface area contributed by atoms with E-state index in [9.17, 15) is 4.79 Å². The summed E-state index contributed by atoms with van der Waals surface area (Å²) in [4.78, 5) is 22.0. The molecule has 3 aromatic rings. The number of amides is 1. The Morgan fingerprint density at radius 2 is 2.00 bits per heavy atom. The van der Waals surface area contributed by atoms with Crippen LogP contribution in [0.1, 0.15) is 23.8 Å². The Morgan fingerprint density at radius 3 is 2.81 bits per heavy atom. The van der Waals surface area contributed by atoms with Gasteiger partial charge in [-0.15, -0.1) is 0 Å². The Bertz CT molecular complexity index is 921. The van der Waals surface area contributed by atoms with E-state index in [0.29, 0.717) is 24.5 Å². The van der Waals surface area contributed by atoms with Crippen molar-refractivity contribution < 1.29 is 9.63 Å². The first-order chi connectivity index (χ1) is 12.8. The van der Waals surface area contributed by atoms with Crippen LogP contribution >= 0.6 is 0 Å². The maximum atomic E-state index is 12.4. The van der Waals surface area contributed by atoms with Gasteiger partial charge in [-0.1, -0.05) is 41.6 Å². The molecule has 0 bridgehead atoms. The predicted molar refractivity (Wildman–Crippen MR) is 96.5 cm³/mol. The van der Waals surface area contributed by atoms with Gasteiger partial charge in [-0.3, -0.25) is 14.5 Å². The van der Waals surface area contributed by atoms with Gasteiger partial charge in [0.15, 0.2) is 11.9 Å². The number of oxime groups is 1. The summed E-state index contributed by atoms with van der Waals surface area (Å²) in [5.74, 6) is 0.170. The molecule has 1 atom stereocenters. The van der Waals surface area contributed by atoms with Crippen LogP contribution in [0.4, 0.5) is 5.82 Å². The average Bonchev–Trinajstić information content (AvgIpc) is 3.33. The normalized spacial score (nSPS) is 16.0. The smallest absolute Gasteiger partial charge is 0.274 e. The van der Waals surface area contributed by atoms with Crippen molar-refractivity contribution in [1.82, 2.24) is 14.8 Å². The summed E-state index contributed by atoms with van der Waals surface area (Å²) in [6.45, 7) is 0.539. The lowest BCUT2D eigenvalue weighted by molar-refractivity contribution is -0.110. The van der Waals surface area contributed by atoms with Gasteiger partial charge in [0.05, 0.1) is 12.2 Å². The summed E-state index contributed by atoms with van der Waals surface area (Å²) < 4.78 is 1.72. The van der Waals surface area contributed by atoms with E-state index in [1.807, 2.05) is 48.5 Å². The second kappa shape index (κ2) is 7.18. The van der Waals surface area contributed by atoms with Gasteiger partial charge in [0.2, 0.25) is 0 Å². The number of anilines is 1. The molecule has 2 aromatic heterocycles. The van der Waals surface area contributed by atoms with E-state index >= 15 is 0 Å². The van der Waals surface area contributed by atoms with Crippen LogP contribution in [0.5, 0.6) is 0 Å². The molecule has 7 nitrogen and oxygen atoms in total. The van der Waals surface area contributed by atoms with E-state index in [1.54, 1.807) is 23.1 Å². The molecule has 0 fully saturated rings. The number of benzene rings is 1. The van der Waals surface area contributed by atoms with Gasteiger partial charge >= 0.3 is 0 Å². The average molecular weight is 347 g/mol. The molecule has 4 rings (SSSR count). The number of carbonyl (C=O) groups is 1. The van der Waals surface area contributed by atoms with Crippen LogP contribution in [0.3, 0.4) is 0 Å². The number of nitrogens with one attached hydrogen (secondary N) is 1. The Labute approximate surface area is 150 Å². The Hall–Kier alpha value is -3.48. The third-order valence-electron chi connectivity index (χ3n) is 4.03. The highest BCUT2D eigenvalue weighted by Crippen LogP contribution is 2.27. The van der Waals surface area contributed by atoms with E-state index < -0.39 is 0 Å². The maximum absolute atomic E-state index is 12.4. The highest BCUT2D eigenvalue weighted by atomic mass is 16.6. The zero-order chi connectivity index (χ0) is 17.8. The first kappa shape index (κ1) is 16.0. The third kappa shape index (κ3) is 3.61. The van der Waals surface area contributed by atoms with Gasteiger partial charge in [-0.2, -0.15) is 5.10 Å². The largest absolute Gasteiger partial charge is 0.387 e. The fourth-order valence-corrected chi connectivity index (χ4v) is 2.72. The molecule has 0 saturated carbocycles. The van der Waals surface area contributed by atoms with E-state index in [-0.39, 0.29) is 12.0 Å². The monoisotopic (exact) mass is 347 g/mol. The van der Waals surface area contributed by atoms with Crippen molar-refractivity contribution >= 4 is 17.4 Å². The molecule has 1 aliphatic rings. The van der Waals surface area contributed by atoms with E-state index in [2.05, 4.69) is 20.6 Å². The number of nitrogens with zero attached hydrogens (tertiary/aromatic N) is 4. The molecule has 0 saturated heterocycles. The van der Waals surface area contributed by atoms with Crippen molar-refractivity contribution in [2.75, 3.05) is 5.32 Å². The lowest BCUT2D eigenvalue weighted by Gasteiger charge is -2.07. The van der Waals surface area contributed by atoms with Crippen molar-refractivity contribution in [3.8, 4) is 0 Å². The van der Waals surface area contributed by atoms with Crippen LogP contribution in [-0.2, 0) is 16.2 Å². The fourth-order valence-electron chi connectivity index (χ4n) is 2.72. The highest BCUT2D eigenvalue weighted by molar-refractivity contribution is 6.43. The maximum Gasteiger partial charge on any atom is 0.274 e. The molecule has 26 heavy (non-hydrogen) atoms. The molecule has 0 unspecified atom stereocenters. The van der Waals surface area contributed by atoms with Crippen molar-refractivity contribution in [2.24, 2.45) is 5.16 Å². The highest BCUT2D eigenvalue weighted by Gasteiger charge is 2.27. The van der Waals surface area contributed by atoms with E-state index in [4.69, 9.17) is 4.84 Å². The second-order valence-corrected chi connectivity index (χ2v) is 5.92. The van der Waals surface area contributed by atoms with Gasteiger partial charge in [-0.05, 0) is 17.7 Å². The zero-order valence-corrected chi connectivity index (χ0v) is 13.9.